The van der Waals surface area contributed by atoms with Crippen molar-refractivity contribution >= 4 is 11.6 Å². The molecule has 17 heavy (non-hydrogen) atoms. The Labute approximate surface area is 104 Å². The molecule has 0 spiro atoms. The fraction of sp³-hybridized carbons (Fsp3) is 0.154. The predicted octanol–water partition coefficient (Wildman–Crippen LogP) is 3.16. The van der Waals surface area contributed by atoms with E-state index in [4.69, 9.17) is 11.6 Å². The minimum absolute atomic E-state index is 0.314. The van der Waals surface area contributed by atoms with Crippen molar-refractivity contribution in [3.8, 4) is 0 Å². The van der Waals surface area contributed by atoms with Gasteiger partial charge in [-0.15, -0.1) is 0 Å². The second kappa shape index (κ2) is 5.75. The van der Waals surface area contributed by atoms with Gasteiger partial charge in [0.25, 0.3) is 0 Å². The minimum atomic E-state index is -0.314. The van der Waals surface area contributed by atoms with E-state index in [1.54, 1.807) is 18.5 Å². The number of nitrogens with zero attached hydrogens (tertiary/aromatic N) is 1. The van der Waals surface area contributed by atoms with Crippen LogP contribution >= 0.6 is 11.6 Å². The highest BCUT2D eigenvalue weighted by molar-refractivity contribution is 6.31. The SMILES string of the molecule is Fc1ccc(CNCc2cccnc2)c(Cl)c1. The van der Waals surface area contributed by atoms with E-state index in [1.165, 1.54) is 12.1 Å². The summed E-state index contributed by atoms with van der Waals surface area (Å²) in [7, 11) is 0. The molecule has 0 atom stereocenters. The molecular weight excluding hydrogens is 239 g/mol. The first-order valence-electron chi connectivity index (χ1n) is 5.29. The highest BCUT2D eigenvalue weighted by Gasteiger charge is 2.01. The largest absolute Gasteiger partial charge is 0.309 e. The van der Waals surface area contributed by atoms with E-state index in [2.05, 4.69) is 10.3 Å². The van der Waals surface area contributed by atoms with Crippen LogP contribution in [0.2, 0.25) is 5.02 Å². The average molecular weight is 251 g/mol. The van der Waals surface area contributed by atoms with Crippen LogP contribution in [0.25, 0.3) is 0 Å². The van der Waals surface area contributed by atoms with Gasteiger partial charge in [0, 0.05) is 30.5 Å². The number of nitrogens with one attached hydrogen (secondary N) is 1. The molecular formula is C13H12ClFN2. The fourth-order valence-electron chi connectivity index (χ4n) is 1.51. The zero-order chi connectivity index (χ0) is 12.1. The summed E-state index contributed by atoms with van der Waals surface area (Å²) in [5, 5.41) is 3.68. The highest BCUT2D eigenvalue weighted by Crippen LogP contribution is 2.16. The Morgan fingerprint density at radius 1 is 1.24 bits per heavy atom. The third kappa shape index (κ3) is 3.51. The molecule has 0 radical (unpaired) electrons. The standard InChI is InChI=1S/C13H12ClFN2/c14-13-6-12(15)4-3-11(13)9-17-8-10-2-1-5-16-7-10/h1-7,17H,8-9H2. The van der Waals surface area contributed by atoms with Crippen LogP contribution in [0.5, 0.6) is 0 Å². The van der Waals surface area contributed by atoms with Crippen LogP contribution in [0.1, 0.15) is 11.1 Å². The van der Waals surface area contributed by atoms with Crippen molar-refractivity contribution in [2.75, 3.05) is 0 Å². The van der Waals surface area contributed by atoms with Gasteiger partial charge in [-0.3, -0.25) is 4.98 Å². The van der Waals surface area contributed by atoms with Gasteiger partial charge in [-0.1, -0.05) is 23.7 Å². The average Bonchev–Trinajstić information content (AvgIpc) is 2.33. The third-order valence-corrected chi connectivity index (χ3v) is 2.73. The molecule has 4 heteroatoms. The number of benzene rings is 1. The maximum atomic E-state index is 12.8. The van der Waals surface area contributed by atoms with Gasteiger partial charge in [0.2, 0.25) is 0 Å². The quantitative estimate of drug-likeness (QED) is 0.902. The smallest absolute Gasteiger partial charge is 0.124 e. The zero-order valence-electron chi connectivity index (χ0n) is 9.16. The summed E-state index contributed by atoms with van der Waals surface area (Å²) in [4.78, 5) is 4.02. The monoisotopic (exact) mass is 250 g/mol. The van der Waals surface area contributed by atoms with Crippen LogP contribution in [-0.2, 0) is 13.1 Å². The molecule has 0 unspecified atom stereocenters. The van der Waals surface area contributed by atoms with Crippen LogP contribution in [0.15, 0.2) is 42.7 Å². The van der Waals surface area contributed by atoms with E-state index in [9.17, 15) is 4.39 Å². The van der Waals surface area contributed by atoms with Crippen LogP contribution in [0.4, 0.5) is 4.39 Å². The first-order valence-corrected chi connectivity index (χ1v) is 5.67. The summed E-state index contributed by atoms with van der Waals surface area (Å²) < 4.78 is 12.8. The number of aromatic nitrogens is 1. The molecule has 0 bridgehead atoms. The molecule has 0 saturated heterocycles. The van der Waals surface area contributed by atoms with Crippen LogP contribution < -0.4 is 5.32 Å². The van der Waals surface area contributed by atoms with Crippen molar-refractivity contribution in [3.05, 3.63) is 64.7 Å². The lowest BCUT2D eigenvalue weighted by molar-refractivity contribution is 0.625. The summed E-state index contributed by atoms with van der Waals surface area (Å²) in [6, 6.07) is 8.30. The lowest BCUT2D eigenvalue weighted by Gasteiger charge is -2.06. The summed E-state index contributed by atoms with van der Waals surface area (Å²) in [6.45, 7) is 1.32. The molecule has 1 N–H and O–H groups in total. The summed E-state index contributed by atoms with van der Waals surface area (Å²) in [6.07, 6.45) is 3.54. The van der Waals surface area contributed by atoms with E-state index >= 15 is 0 Å². The maximum absolute atomic E-state index is 12.8. The number of hydrogen-bond donors (Lipinski definition) is 1. The fourth-order valence-corrected chi connectivity index (χ4v) is 1.74. The second-order valence-electron chi connectivity index (χ2n) is 3.70. The summed E-state index contributed by atoms with van der Waals surface area (Å²) in [5.74, 6) is -0.314. The zero-order valence-corrected chi connectivity index (χ0v) is 9.91. The van der Waals surface area contributed by atoms with Gasteiger partial charge in [-0.05, 0) is 29.3 Å². The number of rotatable bonds is 4. The molecule has 2 rings (SSSR count). The van der Waals surface area contributed by atoms with Crippen molar-refractivity contribution < 1.29 is 4.39 Å². The van der Waals surface area contributed by atoms with Crippen molar-refractivity contribution in [2.24, 2.45) is 0 Å². The molecule has 0 aliphatic heterocycles. The molecule has 0 fully saturated rings. The first kappa shape index (κ1) is 12.0. The van der Waals surface area contributed by atoms with E-state index in [1.807, 2.05) is 12.1 Å². The number of hydrogen-bond acceptors (Lipinski definition) is 2. The Hall–Kier alpha value is -1.45. The lowest BCUT2D eigenvalue weighted by atomic mass is 10.2. The van der Waals surface area contributed by atoms with Gasteiger partial charge in [0.05, 0.1) is 0 Å². The molecule has 0 aliphatic carbocycles. The topological polar surface area (TPSA) is 24.9 Å². The number of pyridine rings is 1. The molecule has 1 aromatic carbocycles. The van der Waals surface area contributed by atoms with E-state index < -0.39 is 0 Å². The van der Waals surface area contributed by atoms with Gasteiger partial charge in [-0.25, -0.2) is 4.39 Å². The highest BCUT2D eigenvalue weighted by atomic mass is 35.5. The molecule has 0 aliphatic rings. The molecule has 2 nitrogen and oxygen atoms in total. The second-order valence-corrected chi connectivity index (χ2v) is 4.11. The first-order chi connectivity index (χ1) is 8.25. The third-order valence-electron chi connectivity index (χ3n) is 2.38. The van der Waals surface area contributed by atoms with Crippen molar-refractivity contribution in [1.82, 2.24) is 10.3 Å². The summed E-state index contributed by atoms with van der Waals surface area (Å²) in [5.41, 5.74) is 1.99. The Balaban J connectivity index is 1.90. The van der Waals surface area contributed by atoms with Gasteiger partial charge in [-0.2, -0.15) is 0 Å². The summed E-state index contributed by atoms with van der Waals surface area (Å²) >= 11 is 5.92. The van der Waals surface area contributed by atoms with Gasteiger partial charge in [0.15, 0.2) is 0 Å². The molecule has 1 heterocycles. The van der Waals surface area contributed by atoms with Crippen LogP contribution in [-0.4, -0.2) is 4.98 Å². The van der Waals surface area contributed by atoms with Crippen molar-refractivity contribution in [1.29, 1.82) is 0 Å². The van der Waals surface area contributed by atoms with Gasteiger partial charge >= 0.3 is 0 Å². The number of halogens is 2. The van der Waals surface area contributed by atoms with Crippen LogP contribution in [0.3, 0.4) is 0 Å². The van der Waals surface area contributed by atoms with Gasteiger partial charge < -0.3 is 5.32 Å². The van der Waals surface area contributed by atoms with E-state index in [0.29, 0.717) is 18.1 Å². The minimum Gasteiger partial charge on any atom is -0.309 e. The normalized spacial score (nSPS) is 10.5. The molecule has 1 aromatic heterocycles. The van der Waals surface area contributed by atoms with E-state index in [0.717, 1.165) is 11.1 Å². The Bertz CT molecular complexity index is 488. The molecule has 2 aromatic rings. The van der Waals surface area contributed by atoms with Crippen LogP contribution in [0, 0.1) is 5.82 Å². The van der Waals surface area contributed by atoms with E-state index in [-0.39, 0.29) is 5.82 Å². The van der Waals surface area contributed by atoms with Crippen molar-refractivity contribution in [3.63, 3.8) is 0 Å². The molecule has 0 amide bonds. The predicted molar refractivity (Wildman–Crippen MR) is 66.2 cm³/mol. The molecule has 88 valence electrons. The maximum Gasteiger partial charge on any atom is 0.124 e. The van der Waals surface area contributed by atoms with Gasteiger partial charge in [0.1, 0.15) is 5.82 Å². The van der Waals surface area contributed by atoms with Crippen molar-refractivity contribution in [2.45, 2.75) is 13.1 Å². The Morgan fingerprint density at radius 3 is 2.82 bits per heavy atom. The Kier molecular flexibility index (Phi) is 4.07. The molecule has 0 saturated carbocycles. The lowest BCUT2D eigenvalue weighted by Crippen LogP contribution is -2.13. The Morgan fingerprint density at radius 2 is 2.12 bits per heavy atom.